The Morgan fingerprint density at radius 2 is 0.704 bits per heavy atom. The summed E-state index contributed by atoms with van der Waals surface area (Å²) in [6, 6.07) is -0.972. The quantitative estimate of drug-likeness (QED) is 0.0199. The van der Waals surface area contributed by atoms with Crippen molar-refractivity contribution in [2.75, 3.05) is 26.4 Å². The Balaban J connectivity index is 1.29. The second-order valence-corrected chi connectivity index (χ2v) is 28.1. The Morgan fingerprint density at radius 3 is 1.10 bits per heavy atom. The van der Waals surface area contributed by atoms with Crippen LogP contribution in [0.15, 0.2) is 60.8 Å². The van der Waals surface area contributed by atoms with Gasteiger partial charge in [-0.2, -0.15) is 0 Å². The van der Waals surface area contributed by atoms with Crippen LogP contribution in [-0.2, 0) is 33.2 Å². The van der Waals surface area contributed by atoms with E-state index in [2.05, 4.69) is 67.8 Å². The molecular formula is C79H143NO18. The minimum Gasteiger partial charge on any atom is -0.394 e. The molecule has 0 radical (unpaired) electrons. The number of nitrogens with one attached hydrogen (secondary N) is 1. The number of ether oxygens (including phenoxy) is 6. The number of rotatable bonds is 62. The third kappa shape index (κ3) is 39.9. The van der Waals surface area contributed by atoms with Crippen LogP contribution in [0.3, 0.4) is 0 Å². The van der Waals surface area contributed by atoms with Crippen molar-refractivity contribution in [3.63, 3.8) is 0 Å². The fourth-order valence-electron chi connectivity index (χ4n) is 13.2. The minimum absolute atomic E-state index is 0.246. The highest BCUT2D eigenvalue weighted by Gasteiger charge is 2.53. The normalized spacial score (nSPS) is 27.1. The van der Waals surface area contributed by atoms with Crippen LogP contribution in [-0.4, -0.2) is 193 Å². The molecule has 0 bridgehead atoms. The standard InChI is InChI=1S/C79H143NO18/c1-3-5-7-9-11-13-15-17-19-20-21-22-23-24-25-26-27-28-29-30-31-32-33-34-35-36-37-38-39-40-41-42-43-45-47-49-51-53-55-57-67(85)80-62(63(84)56-54-52-50-48-46-44-18-16-14-12-10-8-6-4-2)61-93-77-73(91)70(88)75(65(59-82)95-77)98-79-74(92)71(89)76(66(60-83)96-79)97-78-72(90)69(87)68(86)64(58-81)94-78/h5,7,11,13,17,19,21-22,54,56,62-66,68-79,81-84,86-92H,3-4,6,8-10,12,14-16,18,20,23-53,55,57-61H2,1-2H3,(H,80,85)/b7-5-,13-11-,19-17-,22-21-,56-54+. The first-order valence-corrected chi connectivity index (χ1v) is 39.5. The van der Waals surface area contributed by atoms with E-state index in [-0.39, 0.29) is 18.9 Å². The Kier molecular flexibility index (Phi) is 54.8. The van der Waals surface area contributed by atoms with E-state index in [0.29, 0.717) is 6.42 Å². The smallest absolute Gasteiger partial charge is 0.220 e. The number of hydrogen-bond acceptors (Lipinski definition) is 18. The van der Waals surface area contributed by atoms with E-state index < -0.39 is 124 Å². The second kappa shape index (κ2) is 59.8. The monoisotopic (exact) mass is 1390 g/mol. The lowest BCUT2D eigenvalue weighted by Crippen LogP contribution is -2.66. The lowest BCUT2D eigenvalue weighted by Gasteiger charge is -2.48. The molecule has 17 atom stereocenters. The number of carbonyl (C=O) groups excluding carboxylic acids is 1. The Hall–Kier alpha value is -2.51. The molecule has 3 fully saturated rings. The molecule has 19 heteroatoms. The lowest BCUT2D eigenvalue weighted by molar-refractivity contribution is -0.379. The van der Waals surface area contributed by atoms with Crippen LogP contribution in [0.25, 0.3) is 0 Å². The second-order valence-electron chi connectivity index (χ2n) is 28.1. The molecule has 3 aliphatic heterocycles. The van der Waals surface area contributed by atoms with Gasteiger partial charge in [0.15, 0.2) is 18.9 Å². The SMILES string of the molecule is CC/C=C\C/C=C\C/C=C\C/C=C\CCCCCCCCCCCCCCCCCCCCCCCCCCCCC(=O)NC(COC1OC(CO)C(OC2OC(CO)C(OC3OC(CO)C(O)C(O)C3O)C(O)C2O)C(O)C1O)C(O)/C=C/CCCCCCCCCCCCCC. The van der Waals surface area contributed by atoms with Gasteiger partial charge in [0.1, 0.15) is 73.2 Å². The van der Waals surface area contributed by atoms with Gasteiger partial charge >= 0.3 is 0 Å². The molecule has 0 spiro atoms. The van der Waals surface area contributed by atoms with E-state index in [1.807, 2.05) is 6.08 Å². The highest BCUT2D eigenvalue weighted by atomic mass is 16.8. The summed E-state index contributed by atoms with van der Waals surface area (Å²) in [7, 11) is 0. The summed E-state index contributed by atoms with van der Waals surface area (Å²) in [5.74, 6) is -0.271. The molecule has 0 aromatic heterocycles. The number of unbranched alkanes of at least 4 members (excludes halogenated alkanes) is 38. The van der Waals surface area contributed by atoms with Crippen LogP contribution < -0.4 is 5.32 Å². The van der Waals surface area contributed by atoms with Crippen LogP contribution in [0, 0.1) is 0 Å². The molecule has 0 aromatic rings. The van der Waals surface area contributed by atoms with E-state index in [9.17, 15) is 61.0 Å². The Morgan fingerprint density at radius 1 is 0.378 bits per heavy atom. The minimum atomic E-state index is -1.98. The van der Waals surface area contributed by atoms with Crippen molar-refractivity contribution >= 4 is 5.91 Å². The Labute approximate surface area is 592 Å². The van der Waals surface area contributed by atoms with Crippen LogP contribution >= 0.6 is 0 Å². The molecule has 3 rings (SSSR count). The van der Waals surface area contributed by atoms with Gasteiger partial charge in [0.2, 0.25) is 5.91 Å². The third-order valence-corrected chi connectivity index (χ3v) is 19.6. The highest BCUT2D eigenvalue weighted by Crippen LogP contribution is 2.33. The molecule has 3 heterocycles. The van der Waals surface area contributed by atoms with Gasteiger partial charge in [-0.3, -0.25) is 4.79 Å². The van der Waals surface area contributed by atoms with E-state index >= 15 is 0 Å². The van der Waals surface area contributed by atoms with Crippen LogP contribution in [0.4, 0.5) is 0 Å². The summed E-state index contributed by atoms with van der Waals surface area (Å²) >= 11 is 0. The largest absolute Gasteiger partial charge is 0.394 e. The maximum atomic E-state index is 13.4. The lowest BCUT2D eigenvalue weighted by atomic mass is 9.96. The number of hydrogen-bond donors (Lipinski definition) is 12. The van der Waals surface area contributed by atoms with Crippen molar-refractivity contribution in [2.45, 2.75) is 407 Å². The molecule has 572 valence electrons. The maximum Gasteiger partial charge on any atom is 0.220 e. The van der Waals surface area contributed by atoms with Crippen LogP contribution in [0.5, 0.6) is 0 Å². The van der Waals surface area contributed by atoms with E-state index in [1.54, 1.807) is 6.08 Å². The Bertz CT molecular complexity index is 2010. The zero-order valence-electron chi connectivity index (χ0n) is 61.0. The van der Waals surface area contributed by atoms with Gasteiger partial charge in [-0.25, -0.2) is 0 Å². The molecule has 0 saturated carbocycles. The number of aliphatic hydroxyl groups excluding tert-OH is 11. The molecule has 0 aromatic carbocycles. The van der Waals surface area contributed by atoms with Crippen molar-refractivity contribution in [1.82, 2.24) is 5.32 Å². The van der Waals surface area contributed by atoms with Gasteiger partial charge in [-0.15, -0.1) is 0 Å². The van der Waals surface area contributed by atoms with Crippen LogP contribution in [0.2, 0.25) is 0 Å². The number of amides is 1. The topological polar surface area (TPSA) is 307 Å². The first-order valence-electron chi connectivity index (χ1n) is 39.5. The average molecular weight is 1400 g/mol. The average Bonchev–Trinajstić information content (AvgIpc) is 0.785. The van der Waals surface area contributed by atoms with Gasteiger partial charge in [0.05, 0.1) is 38.6 Å². The first kappa shape index (κ1) is 89.7. The van der Waals surface area contributed by atoms with Crippen molar-refractivity contribution in [3.05, 3.63) is 60.8 Å². The first-order chi connectivity index (χ1) is 47.8. The van der Waals surface area contributed by atoms with Gasteiger partial charge in [0.25, 0.3) is 0 Å². The molecule has 3 saturated heterocycles. The predicted octanol–water partition coefficient (Wildman–Crippen LogP) is 12.7. The number of carbonyl (C=O) groups is 1. The summed E-state index contributed by atoms with van der Waals surface area (Å²) in [4.78, 5) is 13.4. The fourth-order valence-corrected chi connectivity index (χ4v) is 13.2. The molecule has 98 heavy (non-hydrogen) atoms. The van der Waals surface area contributed by atoms with E-state index in [4.69, 9.17) is 28.4 Å². The van der Waals surface area contributed by atoms with Crippen molar-refractivity contribution in [2.24, 2.45) is 0 Å². The van der Waals surface area contributed by atoms with Gasteiger partial charge in [-0.05, 0) is 57.8 Å². The zero-order chi connectivity index (χ0) is 71.1. The molecule has 3 aliphatic rings. The summed E-state index contributed by atoms with van der Waals surface area (Å²) in [6.07, 6.45) is 49.5. The summed E-state index contributed by atoms with van der Waals surface area (Å²) < 4.78 is 34.4. The molecule has 0 aliphatic carbocycles. The van der Waals surface area contributed by atoms with E-state index in [0.717, 1.165) is 70.6 Å². The number of allylic oxidation sites excluding steroid dienone is 9. The van der Waals surface area contributed by atoms with Crippen LogP contribution in [0.1, 0.15) is 303 Å². The van der Waals surface area contributed by atoms with Gasteiger partial charge in [0, 0.05) is 6.42 Å². The van der Waals surface area contributed by atoms with Crippen molar-refractivity contribution in [3.8, 4) is 0 Å². The van der Waals surface area contributed by atoms with Gasteiger partial charge < -0.3 is 89.9 Å². The molecule has 12 N–H and O–H groups in total. The van der Waals surface area contributed by atoms with E-state index in [1.165, 1.54) is 205 Å². The fraction of sp³-hybridized carbons (Fsp3) is 0.861. The summed E-state index contributed by atoms with van der Waals surface area (Å²) in [5.41, 5.74) is 0. The summed E-state index contributed by atoms with van der Waals surface area (Å²) in [6.45, 7) is 1.64. The molecule has 19 nitrogen and oxygen atoms in total. The van der Waals surface area contributed by atoms with Crippen molar-refractivity contribution in [1.29, 1.82) is 0 Å². The molecule has 17 unspecified atom stereocenters. The third-order valence-electron chi connectivity index (χ3n) is 19.6. The number of aliphatic hydroxyl groups is 11. The van der Waals surface area contributed by atoms with Crippen molar-refractivity contribution < 1.29 is 89.4 Å². The highest BCUT2D eigenvalue weighted by molar-refractivity contribution is 5.76. The maximum absolute atomic E-state index is 13.4. The molecule has 1 amide bonds. The zero-order valence-corrected chi connectivity index (χ0v) is 61.0. The van der Waals surface area contributed by atoms with Gasteiger partial charge in [-0.1, -0.05) is 299 Å². The molecular weight excluding hydrogens is 1250 g/mol. The predicted molar refractivity (Wildman–Crippen MR) is 388 cm³/mol. The summed E-state index contributed by atoms with van der Waals surface area (Å²) in [5, 5.41) is 121.